The summed E-state index contributed by atoms with van der Waals surface area (Å²) < 4.78 is 37.5. The van der Waals surface area contributed by atoms with Crippen LogP contribution in [-0.2, 0) is 6.18 Å². The van der Waals surface area contributed by atoms with Gasteiger partial charge in [0, 0.05) is 0 Å². The Hall–Kier alpha value is -1.95. The summed E-state index contributed by atoms with van der Waals surface area (Å²) in [5.41, 5.74) is -0.559. The first kappa shape index (κ1) is 13.5. The van der Waals surface area contributed by atoms with E-state index in [-0.39, 0.29) is 10.8 Å². The van der Waals surface area contributed by atoms with E-state index >= 15 is 0 Å². The van der Waals surface area contributed by atoms with E-state index in [1.165, 1.54) is 0 Å². The van der Waals surface area contributed by atoms with E-state index in [0.29, 0.717) is 5.69 Å². The summed E-state index contributed by atoms with van der Waals surface area (Å²) in [6.45, 7) is 0. The number of halogens is 4. The molecule has 2 aromatic rings. The molecule has 1 aromatic carbocycles. The highest BCUT2D eigenvalue weighted by Crippen LogP contribution is 2.32. The van der Waals surface area contributed by atoms with Gasteiger partial charge in [-0.1, -0.05) is 29.8 Å². The molecule has 3 nitrogen and oxygen atoms in total. The highest BCUT2D eigenvalue weighted by atomic mass is 35.5. The van der Waals surface area contributed by atoms with Gasteiger partial charge in [-0.2, -0.15) is 13.2 Å². The van der Waals surface area contributed by atoms with Crippen molar-refractivity contribution in [3.05, 3.63) is 53.2 Å². The summed E-state index contributed by atoms with van der Waals surface area (Å²) in [6.07, 6.45) is -4.54. The summed E-state index contributed by atoms with van der Waals surface area (Å²) >= 11 is 5.73. The van der Waals surface area contributed by atoms with Crippen molar-refractivity contribution in [3.8, 4) is 0 Å². The molecule has 0 aliphatic heterocycles. The minimum atomic E-state index is -4.54. The number of azo groups is 1. The molecule has 0 amide bonds. The van der Waals surface area contributed by atoms with Crippen LogP contribution < -0.4 is 0 Å². The number of pyridine rings is 1. The minimum absolute atomic E-state index is 0.00711. The van der Waals surface area contributed by atoms with E-state index in [1.54, 1.807) is 30.3 Å². The molecule has 1 aromatic heterocycles. The van der Waals surface area contributed by atoms with Gasteiger partial charge >= 0.3 is 6.18 Å². The van der Waals surface area contributed by atoms with Gasteiger partial charge in [-0.15, -0.1) is 10.2 Å². The number of benzene rings is 1. The van der Waals surface area contributed by atoms with Crippen LogP contribution in [0.1, 0.15) is 5.69 Å². The molecule has 0 aliphatic rings. The molecule has 0 saturated carbocycles. The number of aromatic nitrogens is 1. The molecule has 98 valence electrons. The number of alkyl halides is 3. The van der Waals surface area contributed by atoms with Crippen LogP contribution in [-0.4, -0.2) is 4.98 Å². The summed E-state index contributed by atoms with van der Waals surface area (Å²) in [5.74, 6) is -0.264. The summed E-state index contributed by atoms with van der Waals surface area (Å²) in [6, 6.07) is 10.5. The highest BCUT2D eigenvalue weighted by Gasteiger charge is 2.33. The van der Waals surface area contributed by atoms with E-state index < -0.39 is 11.9 Å². The number of hydrogen-bond donors (Lipinski definition) is 0. The maximum atomic E-state index is 12.5. The zero-order chi connectivity index (χ0) is 13.9. The molecule has 0 bridgehead atoms. The van der Waals surface area contributed by atoms with Gasteiger partial charge in [-0.05, 0) is 24.3 Å². The normalized spacial score (nSPS) is 12.0. The quantitative estimate of drug-likeness (QED) is 0.701. The van der Waals surface area contributed by atoms with Crippen LogP contribution in [0.5, 0.6) is 0 Å². The molecule has 19 heavy (non-hydrogen) atoms. The zero-order valence-electron chi connectivity index (χ0n) is 9.39. The SMILES string of the molecule is FC(F)(F)c1ccc(Cl)c(N=Nc2ccccc2)n1. The molecule has 0 saturated heterocycles. The molecule has 0 unspecified atom stereocenters. The molecule has 1 heterocycles. The van der Waals surface area contributed by atoms with Crippen molar-refractivity contribution in [2.75, 3.05) is 0 Å². The molecule has 0 spiro atoms. The summed E-state index contributed by atoms with van der Waals surface area (Å²) in [4.78, 5) is 3.34. The average molecular weight is 286 g/mol. The fourth-order valence-electron chi connectivity index (χ4n) is 1.26. The number of rotatable bonds is 2. The average Bonchev–Trinajstić information content (AvgIpc) is 2.37. The Morgan fingerprint density at radius 1 is 0.947 bits per heavy atom. The van der Waals surface area contributed by atoms with Crippen LogP contribution in [0, 0.1) is 0 Å². The first-order valence-corrected chi connectivity index (χ1v) is 5.55. The predicted octanol–water partition coefficient (Wildman–Crippen LogP) is 5.17. The third-order valence-corrected chi connectivity index (χ3v) is 2.43. The van der Waals surface area contributed by atoms with Crippen molar-refractivity contribution in [1.29, 1.82) is 0 Å². The Balaban J connectivity index is 2.32. The second kappa shape index (κ2) is 5.36. The number of nitrogens with zero attached hydrogens (tertiary/aromatic N) is 3. The van der Waals surface area contributed by atoms with E-state index in [4.69, 9.17) is 11.6 Å². The molecular weight excluding hydrogens is 279 g/mol. The van der Waals surface area contributed by atoms with Gasteiger partial charge in [0.25, 0.3) is 0 Å². The van der Waals surface area contributed by atoms with Crippen LogP contribution in [0.25, 0.3) is 0 Å². The Bertz CT molecular complexity index is 597. The Morgan fingerprint density at radius 2 is 1.63 bits per heavy atom. The van der Waals surface area contributed by atoms with Crippen LogP contribution in [0.15, 0.2) is 52.7 Å². The topological polar surface area (TPSA) is 37.6 Å². The molecule has 0 fully saturated rings. The molecular formula is C12H7ClF3N3. The third-order valence-electron chi connectivity index (χ3n) is 2.13. The monoisotopic (exact) mass is 285 g/mol. The van der Waals surface area contributed by atoms with Gasteiger partial charge in [0.1, 0.15) is 5.69 Å². The maximum Gasteiger partial charge on any atom is 0.433 e. The van der Waals surface area contributed by atoms with E-state index in [2.05, 4.69) is 15.2 Å². The molecule has 0 N–H and O–H groups in total. The third kappa shape index (κ3) is 3.51. The predicted molar refractivity (Wildman–Crippen MR) is 64.9 cm³/mol. The molecule has 7 heteroatoms. The summed E-state index contributed by atoms with van der Waals surface area (Å²) in [7, 11) is 0. The lowest BCUT2D eigenvalue weighted by molar-refractivity contribution is -0.141. The minimum Gasteiger partial charge on any atom is -0.221 e. The molecule has 0 aliphatic carbocycles. The Morgan fingerprint density at radius 3 is 2.26 bits per heavy atom. The largest absolute Gasteiger partial charge is 0.433 e. The molecule has 2 rings (SSSR count). The highest BCUT2D eigenvalue weighted by molar-refractivity contribution is 6.32. The maximum absolute atomic E-state index is 12.5. The second-order valence-corrected chi connectivity index (χ2v) is 3.94. The first-order valence-electron chi connectivity index (χ1n) is 5.17. The van der Waals surface area contributed by atoms with Gasteiger partial charge < -0.3 is 0 Å². The van der Waals surface area contributed by atoms with Crippen LogP contribution in [0.2, 0.25) is 5.02 Å². The van der Waals surface area contributed by atoms with E-state index in [1.807, 2.05) is 0 Å². The first-order chi connectivity index (χ1) is 8.97. The van der Waals surface area contributed by atoms with Crippen LogP contribution >= 0.6 is 11.6 Å². The van der Waals surface area contributed by atoms with Gasteiger partial charge in [0.05, 0.1) is 10.7 Å². The Labute approximate surface area is 111 Å². The lowest BCUT2D eigenvalue weighted by Gasteiger charge is -2.06. The van der Waals surface area contributed by atoms with Crippen molar-refractivity contribution >= 4 is 23.1 Å². The van der Waals surface area contributed by atoms with Crippen molar-refractivity contribution in [2.24, 2.45) is 10.2 Å². The summed E-state index contributed by atoms with van der Waals surface area (Å²) in [5, 5.41) is 7.41. The lowest BCUT2D eigenvalue weighted by Crippen LogP contribution is -2.07. The van der Waals surface area contributed by atoms with E-state index in [0.717, 1.165) is 12.1 Å². The van der Waals surface area contributed by atoms with Crippen LogP contribution in [0.3, 0.4) is 0 Å². The number of hydrogen-bond acceptors (Lipinski definition) is 3. The van der Waals surface area contributed by atoms with Crippen molar-refractivity contribution in [3.63, 3.8) is 0 Å². The van der Waals surface area contributed by atoms with Crippen molar-refractivity contribution in [2.45, 2.75) is 6.18 Å². The fraction of sp³-hybridized carbons (Fsp3) is 0.0833. The standard InChI is InChI=1S/C12H7ClF3N3/c13-9-6-7-10(12(14,15)16)17-11(9)19-18-8-4-2-1-3-5-8/h1-7H. The van der Waals surface area contributed by atoms with Gasteiger partial charge in [0.15, 0.2) is 5.82 Å². The lowest BCUT2D eigenvalue weighted by atomic mass is 10.3. The molecule has 0 radical (unpaired) electrons. The van der Waals surface area contributed by atoms with Crippen LogP contribution in [0.4, 0.5) is 24.7 Å². The smallest absolute Gasteiger partial charge is 0.221 e. The van der Waals surface area contributed by atoms with E-state index in [9.17, 15) is 13.2 Å². The zero-order valence-corrected chi connectivity index (χ0v) is 10.2. The van der Waals surface area contributed by atoms with Gasteiger partial charge in [-0.3, -0.25) is 0 Å². The van der Waals surface area contributed by atoms with Gasteiger partial charge in [0.2, 0.25) is 0 Å². The van der Waals surface area contributed by atoms with Crippen molar-refractivity contribution < 1.29 is 13.2 Å². The Kier molecular flexibility index (Phi) is 3.80. The molecule has 0 atom stereocenters. The van der Waals surface area contributed by atoms with Crippen molar-refractivity contribution in [1.82, 2.24) is 4.98 Å². The van der Waals surface area contributed by atoms with Gasteiger partial charge in [-0.25, -0.2) is 4.98 Å². The second-order valence-electron chi connectivity index (χ2n) is 3.54. The fourth-order valence-corrected chi connectivity index (χ4v) is 1.40.